The van der Waals surface area contributed by atoms with Crippen LogP contribution in [-0.2, 0) is 57.5 Å². The van der Waals surface area contributed by atoms with Gasteiger partial charge in [-0.05, 0) is 109 Å². The summed E-state index contributed by atoms with van der Waals surface area (Å²) in [5.74, 6) is -9.34. The Kier molecular flexibility index (Phi) is 29.6. The third-order valence-electron chi connectivity index (χ3n) is 16.8. The Hall–Kier alpha value is -6.17. The van der Waals surface area contributed by atoms with Crippen LogP contribution in [0.3, 0.4) is 0 Å². The first-order valence-electron chi connectivity index (χ1n) is 31.1. The molecular weight excluding hydrogens is 1120 g/mol. The number of hydrogen-bond acceptors (Lipinski definition) is 13. The van der Waals surface area contributed by atoms with E-state index in [-0.39, 0.29) is 62.4 Å². The lowest BCUT2D eigenvalue weighted by atomic mass is 9.91. The van der Waals surface area contributed by atoms with Crippen LogP contribution in [0.4, 0.5) is 0 Å². The molecule has 2 aliphatic rings. The zero-order valence-electron chi connectivity index (χ0n) is 57.1. The van der Waals surface area contributed by atoms with Crippen molar-refractivity contribution < 1.29 is 62.6 Å². The number of likely N-dealkylation sites (N-methyl/N-ethyl adjacent to an activating group) is 7. The lowest BCUT2D eigenvalue weighted by Crippen LogP contribution is -2.63. The molecule has 0 saturated carbocycles. The lowest BCUT2D eigenvalue weighted by molar-refractivity contribution is -0.160. The Morgan fingerprint density at radius 1 is 0.529 bits per heavy atom. The van der Waals surface area contributed by atoms with Gasteiger partial charge >= 0.3 is 0 Å². The van der Waals surface area contributed by atoms with Crippen molar-refractivity contribution in [2.45, 2.75) is 228 Å². The maximum atomic E-state index is 15.2. The third kappa shape index (κ3) is 19.9. The van der Waals surface area contributed by atoms with Gasteiger partial charge in [-0.1, -0.05) is 95.2 Å². The molecule has 2 fully saturated rings. The van der Waals surface area contributed by atoms with Gasteiger partial charge in [0.05, 0.1) is 19.3 Å². The highest BCUT2D eigenvalue weighted by molar-refractivity contribution is 6.00. The van der Waals surface area contributed by atoms with E-state index in [1.54, 1.807) is 60.6 Å². The molecule has 0 aromatic rings. The minimum absolute atomic E-state index is 0.0139. The molecule has 0 aliphatic carbocycles. The molecule has 2 heterocycles. The molecule has 2 rings (SSSR count). The number of carbonyl (C=O) groups is 11. The number of amides is 11. The lowest BCUT2D eigenvalue weighted by Gasteiger charge is -2.41. The van der Waals surface area contributed by atoms with Crippen molar-refractivity contribution in [2.75, 3.05) is 62.5 Å². The largest absolute Gasteiger partial charge is 0.390 e. The van der Waals surface area contributed by atoms with E-state index >= 15 is 14.4 Å². The minimum Gasteiger partial charge on any atom is -0.390 e. The van der Waals surface area contributed by atoms with E-state index in [9.17, 15) is 43.5 Å². The highest BCUT2D eigenvalue weighted by Gasteiger charge is 2.52. The maximum Gasteiger partial charge on any atom is 0.248 e. The number of ether oxygens (including phenoxy) is 1. The number of nitrogens with one attached hydrogen (secondary N) is 3. The van der Waals surface area contributed by atoms with Crippen LogP contribution in [0.2, 0.25) is 0 Å². The normalized spacial score (nSPS) is 27.9. The predicted octanol–water partition coefficient (Wildman–Crippen LogP) is 3.09. The fraction of sp³-hybridized carbons (Fsp3) is 0.794. The van der Waals surface area contributed by atoms with Gasteiger partial charge in [-0.3, -0.25) is 57.6 Å². The van der Waals surface area contributed by atoms with Crippen molar-refractivity contribution in [1.82, 2.24) is 55.1 Å². The highest BCUT2D eigenvalue weighted by atomic mass is 16.5. The second-order valence-electron chi connectivity index (χ2n) is 26.8. The summed E-state index contributed by atoms with van der Waals surface area (Å²) in [4.78, 5) is 171. The second kappa shape index (κ2) is 33.4. The Morgan fingerprint density at radius 3 is 1.44 bits per heavy atom. The van der Waals surface area contributed by atoms with Crippen molar-refractivity contribution in [2.24, 2.45) is 35.5 Å². The summed E-state index contributed by atoms with van der Waals surface area (Å²) >= 11 is 0. The molecule has 0 aromatic carbocycles. The van der Waals surface area contributed by atoms with Crippen molar-refractivity contribution in [3.8, 4) is 0 Å². The van der Waals surface area contributed by atoms with E-state index in [1.807, 2.05) is 55.4 Å². The van der Waals surface area contributed by atoms with Crippen LogP contribution >= 0.6 is 0 Å². The first-order valence-corrected chi connectivity index (χ1v) is 31.1. The van der Waals surface area contributed by atoms with E-state index in [4.69, 9.17) is 4.74 Å². The number of fused-ring (bicyclic) bond motifs is 1. The van der Waals surface area contributed by atoms with Crippen LogP contribution in [0.25, 0.3) is 0 Å². The van der Waals surface area contributed by atoms with E-state index in [1.165, 1.54) is 92.6 Å². The summed E-state index contributed by atoms with van der Waals surface area (Å²) in [7, 11) is 9.91. The molecule has 496 valence electrons. The van der Waals surface area contributed by atoms with Crippen LogP contribution in [-0.4, -0.2) is 244 Å². The Bertz CT molecular complexity index is 2450. The zero-order valence-corrected chi connectivity index (χ0v) is 57.1. The maximum absolute atomic E-state index is 15.2. The number of hydrogen-bond donors (Lipinski definition) is 4. The van der Waals surface area contributed by atoms with Gasteiger partial charge in [0.15, 0.2) is 0 Å². The first-order chi connectivity index (χ1) is 40.1. The van der Waals surface area contributed by atoms with E-state index in [2.05, 4.69) is 16.0 Å². The highest BCUT2D eigenvalue weighted by Crippen LogP contribution is 2.32. The van der Waals surface area contributed by atoms with Crippen LogP contribution in [0.1, 0.15) is 156 Å². The Morgan fingerprint density at radius 2 is 0.966 bits per heavy atom. The number of allylic oxidation sites excluding steroid dienone is 2. The predicted molar refractivity (Wildman–Crippen MR) is 332 cm³/mol. The summed E-state index contributed by atoms with van der Waals surface area (Å²) < 4.78 is 6.12. The molecule has 0 radical (unpaired) electrons. The van der Waals surface area contributed by atoms with Gasteiger partial charge in [-0.2, -0.15) is 0 Å². The molecule has 0 aromatic heterocycles. The molecule has 87 heavy (non-hydrogen) atoms. The average molecular weight is 1230 g/mol. The molecule has 24 heteroatoms. The van der Waals surface area contributed by atoms with Crippen molar-refractivity contribution in [1.29, 1.82) is 0 Å². The summed E-state index contributed by atoms with van der Waals surface area (Å²) in [6, 6.07) is -12.6. The first kappa shape index (κ1) is 76.9. The zero-order chi connectivity index (χ0) is 67.2. The molecular formula is C63H111N11O13. The molecule has 0 bridgehead atoms. The smallest absolute Gasteiger partial charge is 0.248 e. The third-order valence-corrected chi connectivity index (χ3v) is 16.8. The molecule has 24 nitrogen and oxygen atoms in total. The fourth-order valence-electron chi connectivity index (χ4n) is 11.5. The summed E-state index contributed by atoms with van der Waals surface area (Å²) in [5.41, 5.74) is -1.39. The van der Waals surface area contributed by atoms with Gasteiger partial charge in [0, 0.05) is 49.3 Å². The van der Waals surface area contributed by atoms with E-state index < -0.39 is 156 Å². The quantitative estimate of drug-likeness (QED) is 0.182. The summed E-state index contributed by atoms with van der Waals surface area (Å²) in [6.45, 7) is 28.8. The Balaban J connectivity index is 3.01. The standard InChI is InChI=1S/C63H111N11O13/c1-25-27-28-40(13)52(76)51-55(79)66-43(26-2)57(81)67(18)33-49(75)68(19)47(32-38(9)10)61(85)74-48(34-87-63(74,16)17)60(84)69(20)44(29-35(3)4)54(78)64-41(14)53(77)65-42(15)56(80)70(21)45(30-36(5)6)58(82)71(22)46(31-37(7)8)59(83)72(23)50(39(11)12)62(86)73(51)24/h25,27,35-48,50-52,76H,26,28-34H2,1-24H3,(H,64,78)(H,65,77)(H,66,79)/b27-25+/t40-,41+,42-,43+,44+,45+,46+,47+,48?,50+,51+,52-/m1/s1. The van der Waals surface area contributed by atoms with Gasteiger partial charge in [-0.25, -0.2) is 0 Å². The molecule has 0 spiro atoms. The van der Waals surface area contributed by atoms with Gasteiger partial charge in [0.25, 0.3) is 0 Å². The van der Waals surface area contributed by atoms with Gasteiger partial charge in [0.2, 0.25) is 65.0 Å². The van der Waals surface area contributed by atoms with Crippen molar-refractivity contribution in [3.63, 3.8) is 0 Å². The molecule has 2 saturated heterocycles. The van der Waals surface area contributed by atoms with Gasteiger partial charge in [0.1, 0.15) is 66.1 Å². The molecule has 1 unspecified atom stereocenters. The topological polar surface area (TPSA) is 279 Å². The minimum atomic E-state index is -1.62. The molecule has 12 atom stereocenters. The number of rotatable bonds is 14. The average Bonchev–Trinajstić information content (AvgIpc) is 1.77. The number of aliphatic hydroxyl groups excluding tert-OH is 1. The molecule has 11 amide bonds. The van der Waals surface area contributed by atoms with E-state index in [0.29, 0.717) is 6.42 Å². The molecule has 4 N–H and O–H groups in total. The van der Waals surface area contributed by atoms with Crippen LogP contribution in [0.15, 0.2) is 12.2 Å². The summed E-state index contributed by atoms with van der Waals surface area (Å²) in [5, 5.41) is 20.3. The number of nitrogens with zero attached hydrogens (tertiary/aromatic N) is 8. The Labute approximate surface area is 519 Å². The second-order valence-corrected chi connectivity index (χ2v) is 26.8. The monoisotopic (exact) mass is 1230 g/mol. The summed E-state index contributed by atoms with van der Waals surface area (Å²) in [6.07, 6.45) is 2.96. The van der Waals surface area contributed by atoms with Gasteiger partial charge in [-0.15, -0.1) is 0 Å². The van der Waals surface area contributed by atoms with Crippen molar-refractivity contribution >= 4 is 65.0 Å². The van der Waals surface area contributed by atoms with Crippen LogP contribution < -0.4 is 16.0 Å². The number of aliphatic hydroxyl groups is 1. The number of carbonyl (C=O) groups excluding carboxylic acids is 11. The van der Waals surface area contributed by atoms with Crippen LogP contribution in [0, 0.1) is 35.5 Å². The van der Waals surface area contributed by atoms with Crippen LogP contribution in [0.5, 0.6) is 0 Å². The van der Waals surface area contributed by atoms with Gasteiger partial charge < -0.3 is 60.1 Å². The van der Waals surface area contributed by atoms with E-state index in [0.717, 1.165) is 9.80 Å². The SMILES string of the molecule is C/C=C/C[C@@H](C)[C@@H](O)[C@H]1C(=O)N[C@@H](CC)C(=O)N(C)CC(=O)N(C)[C@@H](CC(C)C)C(=O)N2C(COC2(C)C)C(=O)N(C)[C@@H](CC(C)C)C(=O)N[C@@H](C)C(=O)N[C@H](C)C(=O)N(C)[C@@H](CC(C)C)C(=O)N(C)[C@@H](CC(C)C)C(=O)N(C)[C@@H](C(C)C)C(=O)N1C. The van der Waals surface area contributed by atoms with Crippen molar-refractivity contribution in [3.05, 3.63) is 12.2 Å². The fourth-order valence-corrected chi connectivity index (χ4v) is 11.5. The molecule has 2 aliphatic heterocycles.